The number of hydrogen-bond acceptors (Lipinski definition) is 4. The first kappa shape index (κ1) is 20.5. The summed E-state index contributed by atoms with van der Waals surface area (Å²) in [6.45, 7) is 5.29. The monoisotopic (exact) mass is 428 g/mol. The Labute approximate surface area is 181 Å². The van der Waals surface area contributed by atoms with Gasteiger partial charge in [-0.15, -0.1) is 0 Å². The predicted octanol–water partition coefficient (Wildman–Crippen LogP) is 3.77. The minimum Gasteiger partial charge on any atom is -0.454 e. The second-order valence-electron chi connectivity index (χ2n) is 8.34. The van der Waals surface area contributed by atoms with E-state index in [1.54, 1.807) is 23.1 Å². The van der Waals surface area contributed by atoms with Crippen molar-refractivity contribution in [2.45, 2.75) is 38.1 Å². The van der Waals surface area contributed by atoms with Gasteiger partial charge in [0.05, 0.1) is 0 Å². The topological polar surface area (TPSA) is 67.9 Å². The van der Waals surface area contributed by atoms with Crippen molar-refractivity contribution in [1.82, 2.24) is 10.2 Å². The molecule has 0 radical (unpaired) electrons. The van der Waals surface area contributed by atoms with Gasteiger partial charge in [0.25, 0.3) is 5.91 Å². The first-order valence-corrected chi connectivity index (χ1v) is 10.5. The smallest absolute Gasteiger partial charge is 0.254 e. The summed E-state index contributed by atoms with van der Waals surface area (Å²) < 4.78 is 10.7. The van der Waals surface area contributed by atoms with Crippen LogP contribution in [0.1, 0.15) is 42.6 Å². The van der Waals surface area contributed by atoms with Crippen molar-refractivity contribution in [2.75, 3.05) is 19.9 Å². The van der Waals surface area contributed by atoms with Crippen LogP contribution in [0.2, 0.25) is 5.02 Å². The van der Waals surface area contributed by atoms with Gasteiger partial charge in [-0.05, 0) is 48.7 Å². The Morgan fingerprint density at radius 3 is 2.77 bits per heavy atom. The van der Waals surface area contributed by atoms with Crippen LogP contribution in [0.25, 0.3) is 0 Å². The van der Waals surface area contributed by atoms with E-state index >= 15 is 0 Å². The Balaban J connectivity index is 1.43. The van der Waals surface area contributed by atoms with Crippen molar-refractivity contribution in [3.8, 4) is 11.5 Å². The summed E-state index contributed by atoms with van der Waals surface area (Å²) in [5, 5.41) is 3.71. The number of rotatable bonds is 5. The van der Waals surface area contributed by atoms with E-state index in [4.69, 9.17) is 21.1 Å². The molecule has 0 spiro atoms. The Bertz CT molecular complexity index is 975. The molecule has 0 aromatic heterocycles. The molecule has 0 bridgehead atoms. The number of benzene rings is 2. The molecule has 1 fully saturated rings. The van der Waals surface area contributed by atoms with E-state index in [1.165, 1.54) is 0 Å². The quantitative estimate of drug-likeness (QED) is 0.787. The van der Waals surface area contributed by atoms with Gasteiger partial charge in [-0.25, -0.2) is 0 Å². The molecule has 2 aromatic carbocycles. The fourth-order valence-electron chi connectivity index (χ4n) is 3.92. The van der Waals surface area contributed by atoms with Crippen molar-refractivity contribution in [3.63, 3.8) is 0 Å². The summed E-state index contributed by atoms with van der Waals surface area (Å²) in [6.07, 6.45) is 1.45. The molecule has 30 heavy (non-hydrogen) atoms. The third-order valence-corrected chi connectivity index (χ3v) is 5.98. The van der Waals surface area contributed by atoms with Crippen molar-refractivity contribution in [2.24, 2.45) is 0 Å². The van der Waals surface area contributed by atoms with Gasteiger partial charge in [-0.3, -0.25) is 9.59 Å². The van der Waals surface area contributed by atoms with E-state index in [2.05, 4.69) is 19.2 Å². The normalized spacial score (nSPS) is 17.8. The maximum atomic E-state index is 13.1. The van der Waals surface area contributed by atoms with Crippen molar-refractivity contribution >= 4 is 23.4 Å². The summed E-state index contributed by atoms with van der Waals surface area (Å²) >= 11 is 6.12. The number of carbonyl (C=O) groups is 2. The second kappa shape index (κ2) is 8.19. The van der Waals surface area contributed by atoms with Crippen LogP contribution in [0, 0.1) is 0 Å². The number of halogens is 1. The summed E-state index contributed by atoms with van der Waals surface area (Å²) in [4.78, 5) is 27.7. The number of nitrogens with one attached hydrogen (secondary N) is 1. The average Bonchev–Trinajstić information content (AvgIpc) is 3.40. The van der Waals surface area contributed by atoms with Crippen molar-refractivity contribution in [3.05, 3.63) is 58.6 Å². The zero-order valence-electron chi connectivity index (χ0n) is 17.1. The maximum Gasteiger partial charge on any atom is 0.254 e. The number of carbonyl (C=O) groups excluding carboxylic acids is 2. The lowest BCUT2D eigenvalue weighted by Gasteiger charge is -2.29. The lowest BCUT2D eigenvalue weighted by molar-refractivity contribution is -0.125. The number of ether oxygens (including phenoxy) is 2. The van der Waals surface area contributed by atoms with Gasteiger partial charge in [-0.2, -0.15) is 0 Å². The maximum absolute atomic E-state index is 13.1. The van der Waals surface area contributed by atoms with Crippen molar-refractivity contribution in [1.29, 1.82) is 0 Å². The Hall–Kier alpha value is -2.73. The highest BCUT2D eigenvalue weighted by atomic mass is 35.5. The lowest BCUT2D eigenvalue weighted by atomic mass is 9.84. The molecule has 2 aliphatic rings. The van der Waals surface area contributed by atoms with Crippen LogP contribution in [0.15, 0.2) is 42.5 Å². The number of hydrogen-bond donors (Lipinski definition) is 1. The van der Waals surface area contributed by atoms with Gasteiger partial charge in [-0.1, -0.05) is 37.6 Å². The molecule has 158 valence electrons. The lowest BCUT2D eigenvalue weighted by Crippen LogP contribution is -2.48. The first-order valence-electron chi connectivity index (χ1n) is 10.1. The fourth-order valence-corrected chi connectivity index (χ4v) is 4.11. The molecule has 1 atom stereocenters. The highest BCUT2D eigenvalue weighted by Crippen LogP contribution is 2.33. The standard InChI is InChI=1S/C23H25ClN2O4/c1-23(2,16-5-3-6-17(24)12-16)13-25-21(27)18-7-4-10-26(18)22(28)15-8-9-19-20(11-15)30-14-29-19/h3,5-6,8-9,11-12,18H,4,7,10,13-14H2,1-2H3,(H,25,27). The molecule has 1 unspecified atom stereocenters. The second-order valence-corrected chi connectivity index (χ2v) is 8.77. The molecule has 2 aromatic rings. The van der Waals surface area contributed by atoms with E-state index in [0.29, 0.717) is 41.6 Å². The fraction of sp³-hybridized carbons (Fsp3) is 0.391. The van der Waals surface area contributed by atoms with E-state index in [1.807, 2.05) is 24.3 Å². The zero-order chi connectivity index (χ0) is 21.3. The van der Waals surface area contributed by atoms with E-state index in [0.717, 1.165) is 12.0 Å². The van der Waals surface area contributed by atoms with Crippen LogP contribution < -0.4 is 14.8 Å². The molecular formula is C23H25ClN2O4. The summed E-state index contributed by atoms with van der Waals surface area (Å²) in [5.41, 5.74) is 1.26. The van der Waals surface area contributed by atoms with Crippen LogP contribution in [0.5, 0.6) is 11.5 Å². The summed E-state index contributed by atoms with van der Waals surface area (Å²) in [7, 11) is 0. The summed E-state index contributed by atoms with van der Waals surface area (Å²) in [5.74, 6) is 0.895. The third-order valence-electron chi connectivity index (χ3n) is 5.75. The number of amides is 2. The third kappa shape index (κ3) is 4.10. The molecule has 4 rings (SSSR count). The molecule has 6 nitrogen and oxygen atoms in total. The number of nitrogens with zero attached hydrogens (tertiary/aromatic N) is 1. The molecule has 0 aliphatic carbocycles. The minimum atomic E-state index is -0.474. The van der Waals surface area contributed by atoms with Crippen LogP contribution in [-0.2, 0) is 10.2 Å². The van der Waals surface area contributed by atoms with Gasteiger partial charge in [0.2, 0.25) is 12.7 Å². The first-order chi connectivity index (χ1) is 14.3. The largest absolute Gasteiger partial charge is 0.454 e. The number of likely N-dealkylation sites (tertiary alicyclic amines) is 1. The van der Waals surface area contributed by atoms with Crippen LogP contribution in [0.3, 0.4) is 0 Å². The Kier molecular flexibility index (Phi) is 5.60. The molecule has 1 saturated heterocycles. The highest BCUT2D eigenvalue weighted by Gasteiger charge is 2.35. The zero-order valence-corrected chi connectivity index (χ0v) is 17.9. The van der Waals surface area contributed by atoms with Crippen molar-refractivity contribution < 1.29 is 19.1 Å². The van der Waals surface area contributed by atoms with E-state index in [-0.39, 0.29) is 24.0 Å². The molecule has 2 heterocycles. The molecule has 2 aliphatic heterocycles. The Morgan fingerprint density at radius 1 is 1.17 bits per heavy atom. The van der Waals surface area contributed by atoms with Gasteiger partial charge >= 0.3 is 0 Å². The van der Waals surface area contributed by atoms with Gasteiger partial charge in [0, 0.05) is 29.1 Å². The van der Waals surface area contributed by atoms with Crippen LogP contribution in [-0.4, -0.2) is 42.6 Å². The number of fused-ring (bicyclic) bond motifs is 1. The molecular weight excluding hydrogens is 404 g/mol. The van der Waals surface area contributed by atoms with Crippen LogP contribution in [0.4, 0.5) is 0 Å². The molecule has 0 saturated carbocycles. The van der Waals surface area contributed by atoms with E-state index < -0.39 is 6.04 Å². The van der Waals surface area contributed by atoms with Gasteiger partial charge in [0.1, 0.15) is 6.04 Å². The predicted molar refractivity (Wildman–Crippen MR) is 114 cm³/mol. The van der Waals surface area contributed by atoms with E-state index in [9.17, 15) is 9.59 Å². The van der Waals surface area contributed by atoms with Crippen LogP contribution >= 0.6 is 11.6 Å². The molecule has 1 N–H and O–H groups in total. The summed E-state index contributed by atoms with van der Waals surface area (Å²) in [6, 6.07) is 12.3. The minimum absolute atomic E-state index is 0.128. The SMILES string of the molecule is CC(C)(CNC(=O)C1CCCN1C(=O)c1ccc2c(c1)OCO2)c1cccc(Cl)c1. The average molecular weight is 429 g/mol. The molecule has 7 heteroatoms. The molecule has 2 amide bonds. The highest BCUT2D eigenvalue weighted by molar-refractivity contribution is 6.30. The van der Waals surface area contributed by atoms with Gasteiger partial charge in [0.15, 0.2) is 11.5 Å². The Morgan fingerprint density at radius 2 is 1.97 bits per heavy atom. The van der Waals surface area contributed by atoms with Gasteiger partial charge < -0.3 is 19.7 Å².